The fourth-order valence-corrected chi connectivity index (χ4v) is 2.73. The zero-order valence-corrected chi connectivity index (χ0v) is 17.2. The van der Waals surface area contributed by atoms with Crippen LogP contribution in [0.25, 0.3) is 0 Å². The molecule has 3 rings (SSSR count). The summed E-state index contributed by atoms with van der Waals surface area (Å²) in [5, 5.41) is 20.2. The van der Waals surface area contributed by atoms with Crippen LogP contribution in [0.1, 0.15) is 16.8 Å². The molecule has 10 heteroatoms. The van der Waals surface area contributed by atoms with Gasteiger partial charge in [-0.15, -0.1) is 0 Å². The van der Waals surface area contributed by atoms with E-state index in [-0.39, 0.29) is 18.1 Å². The van der Waals surface area contributed by atoms with E-state index in [4.69, 9.17) is 10.00 Å². The van der Waals surface area contributed by atoms with Gasteiger partial charge in [0.05, 0.1) is 31.8 Å². The predicted molar refractivity (Wildman–Crippen MR) is 117 cm³/mol. The Balaban J connectivity index is 1.56. The molecule has 3 N–H and O–H groups in total. The molecule has 0 saturated heterocycles. The SMILES string of the molecule is COc1ccccc1NC(=O)c1ccc(NC(=O)C(=O)Nc2ccn(CCC#N)n2)cc1. The van der Waals surface area contributed by atoms with Crippen molar-refractivity contribution in [2.45, 2.75) is 13.0 Å². The lowest BCUT2D eigenvalue weighted by atomic mass is 10.2. The number of anilines is 3. The molecule has 0 aliphatic rings. The van der Waals surface area contributed by atoms with Crippen LogP contribution >= 0.6 is 0 Å². The highest BCUT2D eigenvalue weighted by atomic mass is 16.5. The molecule has 0 aliphatic carbocycles. The van der Waals surface area contributed by atoms with Gasteiger partial charge in [0.2, 0.25) is 0 Å². The van der Waals surface area contributed by atoms with Crippen LogP contribution < -0.4 is 20.7 Å². The normalized spacial score (nSPS) is 10.0. The fraction of sp³-hybridized carbons (Fsp3) is 0.136. The number of para-hydroxylation sites is 2. The smallest absolute Gasteiger partial charge is 0.315 e. The van der Waals surface area contributed by atoms with E-state index in [1.54, 1.807) is 30.5 Å². The van der Waals surface area contributed by atoms with Crippen LogP contribution in [-0.4, -0.2) is 34.6 Å². The number of nitriles is 1. The van der Waals surface area contributed by atoms with Crippen molar-refractivity contribution in [1.82, 2.24) is 9.78 Å². The van der Waals surface area contributed by atoms with Gasteiger partial charge in [0.15, 0.2) is 5.82 Å². The molecule has 0 bridgehead atoms. The molecule has 2 aromatic carbocycles. The number of hydrogen-bond acceptors (Lipinski definition) is 6. The summed E-state index contributed by atoms with van der Waals surface area (Å²) in [4.78, 5) is 36.7. The third kappa shape index (κ3) is 5.70. The van der Waals surface area contributed by atoms with Gasteiger partial charge >= 0.3 is 11.8 Å². The highest BCUT2D eigenvalue weighted by Gasteiger charge is 2.16. The van der Waals surface area contributed by atoms with Gasteiger partial charge in [-0.25, -0.2) is 0 Å². The van der Waals surface area contributed by atoms with Crippen LogP contribution in [0.4, 0.5) is 17.2 Å². The minimum Gasteiger partial charge on any atom is -0.495 e. The second kappa shape index (κ2) is 10.4. The quantitative estimate of drug-likeness (QED) is 0.491. The van der Waals surface area contributed by atoms with Crippen LogP contribution in [0.3, 0.4) is 0 Å². The molecule has 0 spiro atoms. The Morgan fingerprint density at radius 1 is 1.00 bits per heavy atom. The van der Waals surface area contributed by atoms with Crippen molar-refractivity contribution >= 4 is 34.9 Å². The number of nitrogens with zero attached hydrogens (tertiary/aromatic N) is 3. The number of carbonyl (C=O) groups is 3. The van der Waals surface area contributed by atoms with Crippen molar-refractivity contribution in [1.29, 1.82) is 5.26 Å². The molecule has 32 heavy (non-hydrogen) atoms. The second-order valence-electron chi connectivity index (χ2n) is 6.51. The number of hydrogen-bond donors (Lipinski definition) is 3. The van der Waals surface area contributed by atoms with Gasteiger partial charge < -0.3 is 20.7 Å². The van der Waals surface area contributed by atoms with Crippen molar-refractivity contribution in [3.8, 4) is 11.8 Å². The van der Waals surface area contributed by atoms with Gasteiger partial charge in [-0.3, -0.25) is 19.1 Å². The number of benzene rings is 2. The minimum atomic E-state index is -0.895. The zero-order chi connectivity index (χ0) is 22.9. The van der Waals surface area contributed by atoms with E-state index >= 15 is 0 Å². The van der Waals surface area contributed by atoms with Gasteiger partial charge in [0.25, 0.3) is 5.91 Å². The van der Waals surface area contributed by atoms with Crippen molar-refractivity contribution < 1.29 is 19.1 Å². The Bertz CT molecular complexity index is 1160. The van der Waals surface area contributed by atoms with Crippen LogP contribution in [0.5, 0.6) is 5.75 Å². The summed E-state index contributed by atoms with van der Waals surface area (Å²) in [7, 11) is 1.51. The standard InChI is InChI=1S/C22H20N6O4/c1-32-18-6-3-2-5-17(18)25-20(29)15-7-9-16(10-8-15)24-21(30)22(31)26-19-11-14-28(27-19)13-4-12-23/h2-3,5-11,14H,4,13H2,1H3,(H,24,30)(H,25,29)(H,26,27,31). The van der Waals surface area contributed by atoms with E-state index in [0.29, 0.717) is 29.2 Å². The summed E-state index contributed by atoms with van der Waals surface area (Å²) in [5.74, 6) is -1.40. The molecule has 0 unspecified atom stereocenters. The lowest BCUT2D eigenvalue weighted by Crippen LogP contribution is -2.29. The number of rotatable bonds is 7. The van der Waals surface area contributed by atoms with Gasteiger partial charge in [-0.1, -0.05) is 12.1 Å². The van der Waals surface area contributed by atoms with E-state index in [1.165, 1.54) is 42.1 Å². The highest BCUT2D eigenvalue weighted by molar-refractivity contribution is 6.43. The average molecular weight is 432 g/mol. The van der Waals surface area contributed by atoms with Gasteiger partial charge in [-0.05, 0) is 36.4 Å². The van der Waals surface area contributed by atoms with E-state index in [9.17, 15) is 14.4 Å². The Morgan fingerprint density at radius 3 is 2.44 bits per heavy atom. The highest BCUT2D eigenvalue weighted by Crippen LogP contribution is 2.23. The Morgan fingerprint density at radius 2 is 1.72 bits per heavy atom. The number of aryl methyl sites for hydroxylation is 1. The second-order valence-corrected chi connectivity index (χ2v) is 6.51. The van der Waals surface area contributed by atoms with E-state index < -0.39 is 11.8 Å². The molecule has 0 aliphatic heterocycles. The summed E-state index contributed by atoms with van der Waals surface area (Å²) in [5.41, 5.74) is 1.24. The number of aromatic nitrogens is 2. The van der Waals surface area contributed by atoms with Crippen molar-refractivity contribution in [2.75, 3.05) is 23.1 Å². The average Bonchev–Trinajstić information content (AvgIpc) is 3.25. The van der Waals surface area contributed by atoms with E-state index in [1.807, 2.05) is 6.07 Å². The summed E-state index contributed by atoms with van der Waals surface area (Å²) in [6, 6.07) is 16.6. The molecular formula is C22H20N6O4. The maximum absolute atomic E-state index is 12.5. The summed E-state index contributed by atoms with van der Waals surface area (Å²) in [6.07, 6.45) is 1.88. The van der Waals surface area contributed by atoms with Crippen LogP contribution in [0, 0.1) is 11.3 Å². The summed E-state index contributed by atoms with van der Waals surface area (Å²) >= 11 is 0. The largest absolute Gasteiger partial charge is 0.495 e. The first kappa shape index (κ1) is 22.0. The summed E-state index contributed by atoms with van der Waals surface area (Å²) in [6.45, 7) is 0.384. The Labute approximate surface area is 183 Å². The Kier molecular flexibility index (Phi) is 7.16. The van der Waals surface area contributed by atoms with Crippen LogP contribution in [-0.2, 0) is 16.1 Å². The summed E-state index contributed by atoms with van der Waals surface area (Å²) < 4.78 is 6.70. The predicted octanol–water partition coefficient (Wildman–Crippen LogP) is 2.63. The van der Waals surface area contributed by atoms with Crippen LogP contribution in [0.2, 0.25) is 0 Å². The third-order valence-electron chi connectivity index (χ3n) is 4.30. The first-order valence-electron chi connectivity index (χ1n) is 9.57. The number of nitrogens with one attached hydrogen (secondary N) is 3. The monoisotopic (exact) mass is 432 g/mol. The zero-order valence-electron chi connectivity index (χ0n) is 17.2. The molecule has 162 valence electrons. The number of ether oxygens (including phenoxy) is 1. The first-order valence-corrected chi connectivity index (χ1v) is 9.57. The lowest BCUT2D eigenvalue weighted by Gasteiger charge is -2.10. The number of methoxy groups -OCH3 is 1. The van der Waals surface area contributed by atoms with Crippen molar-refractivity contribution in [2.24, 2.45) is 0 Å². The van der Waals surface area contributed by atoms with Crippen molar-refractivity contribution in [3.63, 3.8) is 0 Å². The number of carbonyl (C=O) groups excluding carboxylic acids is 3. The minimum absolute atomic E-state index is 0.200. The Hall–Kier alpha value is -4.65. The fourth-order valence-electron chi connectivity index (χ4n) is 2.73. The maximum Gasteiger partial charge on any atom is 0.315 e. The molecule has 10 nitrogen and oxygen atoms in total. The van der Waals surface area contributed by atoms with E-state index in [0.717, 1.165) is 0 Å². The molecule has 3 aromatic rings. The molecule has 3 amide bonds. The van der Waals surface area contributed by atoms with Crippen LogP contribution in [0.15, 0.2) is 60.8 Å². The van der Waals surface area contributed by atoms with Gasteiger partial charge in [-0.2, -0.15) is 10.4 Å². The maximum atomic E-state index is 12.5. The van der Waals surface area contributed by atoms with Gasteiger partial charge in [0, 0.05) is 23.5 Å². The van der Waals surface area contributed by atoms with E-state index in [2.05, 4.69) is 21.0 Å². The molecule has 0 atom stereocenters. The molecule has 1 heterocycles. The molecular weight excluding hydrogens is 412 g/mol. The first-order chi connectivity index (χ1) is 15.5. The number of amides is 3. The molecule has 0 fully saturated rings. The third-order valence-corrected chi connectivity index (χ3v) is 4.30. The molecule has 0 radical (unpaired) electrons. The van der Waals surface area contributed by atoms with Gasteiger partial charge in [0.1, 0.15) is 5.75 Å². The molecule has 1 aromatic heterocycles. The molecule has 0 saturated carbocycles. The topological polar surface area (TPSA) is 138 Å². The lowest BCUT2D eigenvalue weighted by molar-refractivity contribution is -0.133. The van der Waals surface area contributed by atoms with Crippen molar-refractivity contribution in [3.05, 3.63) is 66.4 Å².